The molecule has 0 atom stereocenters. The Hall–Kier alpha value is -1.51. The minimum absolute atomic E-state index is 0.722. The summed E-state index contributed by atoms with van der Waals surface area (Å²) in [6, 6.07) is 16.1. The van der Waals surface area contributed by atoms with E-state index in [9.17, 15) is 0 Å². The lowest BCUT2D eigenvalue weighted by Gasteiger charge is -2.01. The lowest BCUT2D eigenvalue weighted by Crippen LogP contribution is -1.76. The van der Waals surface area contributed by atoms with Gasteiger partial charge in [0, 0.05) is 15.8 Å². The lowest BCUT2D eigenvalue weighted by molar-refractivity contribution is 0.667. The van der Waals surface area contributed by atoms with Gasteiger partial charge in [0.15, 0.2) is 0 Å². The van der Waals surface area contributed by atoms with Crippen LogP contribution in [0.3, 0.4) is 0 Å². The Bertz CT molecular complexity index is 940. The van der Waals surface area contributed by atoms with E-state index in [-0.39, 0.29) is 0 Å². The van der Waals surface area contributed by atoms with Gasteiger partial charge < -0.3 is 4.42 Å². The summed E-state index contributed by atoms with van der Waals surface area (Å²) in [5, 5.41) is 5.26. The fourth-order valence-corrected chi connectivity index (χ4v) is 3.26. The van der Waals surface area contributed by atoms with Crippen LogP contribution in [0.4, 0.5) is 0 Å². The van der Waals surface area contributed by atoms with Gasteiger partial charge in [-0.15, -0.1) is 0 Å². The number of halogens is 2. The van der Waals surface area contributed by atoms with E-state index in [1.165, 1.54) is 10.8 Å². The molecular weight excluding hydrogens is 324 g/mol. The van der Waals surface area contributed by atoms with Crippen LogP contribution in [0, 0.1) is 0 Å². The van der Waals surface area contributed by atoms with Crippen LogP contribution in [0.5, 0.6) is 0 Å². The number of rotatable bonds is 0. The summed E-state index contributed by atoms with van der Waals surface area (Å²) in [5.74, 6) is 0. The Balaban J connectivity index is 2.38. The maximum Gasteiger partial charge on any atom is 0.150 e. The molecule has 0 fully saturated rings. The quantitative estimate of drug-likeness (QED) is 0.376. The third-order valence-electron chi connectivity index (χ3n) is 3.38. The molecule has 3 aromatic carbocycles. The molecule has 19 heavy (non-hydrogen) atoms. The maximum absolute atomic E-state index is 6.11. The van der Waals surface area contributed by atoms with Gasteiger partial charge in [0.1, 0.15) is 11.2 Å². The fraction of sp³-hybridized carbons (Fsp3) is 0. The first-order chi connectivity index (χ1) is 9.24. The lowest BCUT2D eigenvalue weighted by atomic mass is 10.0. The third kappa shape index (κ3) is 1.60. The molecule has 3 heteroatoms. The van der Waals surface area contributed by atoms with Crippen LogP contribution < -0.4 is 0 Å². The maximum atomic E-state index is 6.11. The SMILES string of the molecule is Clc1ccc2oc3c(Br)cc4ccccc4c3c2c1. The molecule has 0 saturated carbocycles. The summed E-state index contributed by atoms with van der Waals surface area (Å²) in [6.07, 6.45) is 0. The average Bonchev–Trinajstić information content (AvgIpc) is 2.78. The van der Waals surface area contributed by atoms with Gasteiger partial charge >= 0.3 is 0 Å². The first kappa shape index (κ1) is 11.3. The summed E-state index contributed by atoms with van der Waals surface area (Å²) >= 11 is 9.70. The van der Waals surface area contributed by atoms with E-state index in [1.54, 1.807) is 0 Å². The van der Waals surface area contributed by atoms with Crippen LogP contribution in [0.15, 0.2) is 57.4 Å². The molecule has 0 aliphatic heterocycles. The van der Waals surface area contributed by atoms with E-state index >= 15 is 0 Å². The van der Waals surface area contributed by atoms with Crippen LogP contribution in [-0.2, 0) is 0 Å². The van der Waals surface area contributed by atoms with Gasteiger partial charge in [-0.25, -0.2) is 0 Å². The van der Waals surface area contributed by atoms with Crippen molar-refractivity contribution in [2.45, 2.75) is 0 Å². The molecule has 1 aromatic heterocycles. The Morgan fingerprint density at radius 2 is 1.79 bits per heavy atom. The van der Waals surface area contributed by atoms with Crippen LogP contribution in [0.1, 0.15) is 0 Å². The molecule has 92 valence electrons. The Labute approximate surface area is 122 Å². The van der Waals surface area contributed by atoms with Crippen molar-refractivity contribution in [3.63, 3.8) is 0 Å². The van der Waals surface area contributed by atoms with Crippen LogP contribution in [-0.4, -0.2) is 0 Å². The highest BCUT2D eigenvalue weighted by molar-refractivity contribution is 9.10. The molecule has 4 aromatic rings. The van der Waals surface area contributed by atoms with E-state index in [1.807, 2.05) is 30.3 Å². The Morgan fingerprint density at radius 1 is 0.947 bits per heavy atom. The van der Waals surface area contributed by atoms with Crippen molar-refractivity contribution in [2.75, 3.05) is 0 Å². The van der Waals surface area contributed by atoms with Crippen molar-refractivity contribution in [3.8, 4) is 0 Å². The molecule has 0 unspecified atom stereocenters. The van der Waals surface area contributed by atoms with Gasteiger partial charge in [-0.05, 0) is 51.0 Å². The van der Waals surface area contributed by atoms with Crippen molar-refractivity contribution in [2.24, 2.45) is 0 Å². The minimum Gasteiger partial charge on any atom is -0.455 e. The van der Waals surface area contributed by atoms with Crippen molar-refractivity contribution in [3.05, 3.63) is 58.0 Å². The topological polar surface area (TPSA) is 13.1 Å². The largest absolute Gasteiger partial charge is 0.455 e. The molecule has 0 saturated heterocycles. The molecule has 0 aliphatic rings. The smallest absolute Gasteiger partial charge is 0.150 e. The van der Waals surface area contributed by atoms with Crippen LogP contribution >= 0.6 is 27.5 Å². The van der Waals surface area contributed by atoms with E-state index in [0.717, 1.165) is 31.4 Å². The zero-order valence-electron chi connectivity index (χ0n) is 9.78. The van der Waals surface area contributed by atoms with Gasteiger partial charge in [-0.3, -0.25) is 0 Å². The molecule has 0 N–H and O–H groups in total. The molecular formula is C16H8BrClO. The highest BCUT2D eigenvalue weighted by atomic mass is 79.9. The number of hydrogen-bond donors (Lipinski definition) is 0. The number of hydrogen-bond acceptors (Lipinski definition) is 1. The van der Waals surface area contributed by atoms with E-state index < -0.39 is 0 Å². The van der Waals surface area contributed by atoms with Crippen molar-refractivity contribution >= 4 is 60.2 Å². The minimum atomic E-state index is 0.722. The molecule has 0 bridgehead atoms. The highest BCUT2D eigenvalue weighted by Crippen LogP contribution is 2.39. The normalized spacial score (nSPS) is 11.7. The second kappa shape index (κ2) is 3.99. The Kier molecular flexibility index (Phi) is 2.38. The predicted molar refractivity (Wildman–Crippen MR) is 83.9 cm³/mol. The van der Waals surface area contributed by atoms with Crippen molar-refractivity contribution in [1.82, 2.24) is 0 Å². The van der Waals surface area contributed by atoms with Gasteiger partial charge in [-0.1, -0.05) is 35.9 Å². The summed E-state index contributed by atoms with van der Waals surface area (Å²) in [5.41, 5.74) is 1.73. The zero-order valence-corrected chi connectivity index (χ0v) is 12.1. The van der Waals surface area contributed by atoms with Gasteiger partial charge in [0.2, 0.25) is 0 Å². The summed E-state index contributed by atoms with van der Waals surface area (Å²) in [6.45, 7) is 0. The van der Waals surface area contributed by atoms with Crippen LogP contribution in [0.2, 0.25) is 5.02 Å². The van der Waals surface area contributed by atoms with Crippen LogP contribution in [0.25, 0.3) is 32.7 Å². The third-order valence-corrected chi connectivity index (χ3v) is 4.20. The van der Waals surface area contributed by atoms with E-state index in [2.05, 4.69) is 34.1 Å². The monoisotopic (exact) mass is 330 g/mol. The summed E-state index contributed by atoms with van der Waals surface area (Å²) in [4.78, 5) is 0. The second-order valence-electron chi connectivity index (χ2n) is 4.53. The summed E-state index contributed by atoms with van der Waals surface area (Å²) < 4.78 is 6.91. The van der Waals surface area contributed by atoms with Crippen molar-refractivity contribution in [1.29, 1.82) is 0 Å². The van der Waals surface area contributed by atoms with Crippen molar-refractivity contribution < 1.29 is 4.42 Å². The number of furan rings is 1. The number of benzene rings is 3. The first-order valence-corrected chi connectivity index (χ1v) is 7.10. The molecule has 1 heterocycles. The molecule has 1 nitrogen and oxygen atoms in total. The molecule has 0 aliphatic carbocycles. The van der Waals surface area contributed by atoms with Gasteiger partial charge in [0.25, 0.3) is 0 Å². The fourth-order valence-electron chi connectivity index (χ4n) is 2.56. The molecule has 0 spiro atoms. The number of fused-ring (bicyclic) bond motifs is 5. The molecule has 0 radical (unpaired) electrons. The van der Waals surface area contributed by atoms with E-state index in [4.69, 9.17) is 16.0 Å². The van der Waals surface area contributed by atoms with Gasteiger partial charge in [0.05, 0.1) is 4.47 Å². The second-order valence-corrected chi connectivity index (χ2v) is 5.82. The average molecular weight is 332 g/mol. The first-order valence-electron chi connectivity index (χ1n) is 5.93. The Morgan fingerprint density at radius 3 is 2.68 bits per heavy atom. The predicted octanol–water partition coefficient (Wildman–Crippen LogP) is 6.16. The van der Waals surface area contributed by atoms with Gasteiger partial charge in [-0.2, -0.15) is 0 Å². The van der Waals surface area contributed by atoms with E-state index in [0.29, 0.717) is 0 Å². The highest BCUT2D eigenvalue weighted by Gasteiger charge is 2.13. The zero-order chi connectivity index (χ0) is 13.0. The molecule has 0 amide bonds. The molecule has 4 rings (SSSR count). The summed E-state index contributed by atoms with van der Waals surface area (Å²) in [7, 11) is 0. The standard InChI is InChI=1S/C16H8BrClO/c17-13-7-9-3-1-2-4-11(9)15-12-8-10(18)5-6-14(12)19-16(13)15/h1-8H.